The first-order valence-electron chi connectivity index (χ1n) is 4.35. The van der Waals surface area contributed by atoms with E-state index in [4.69, 9.17) is 5.73 Å². The molecule has 3 N–H and O–H groups in total. The zero-order chi connectivity index (χ0) is 10.7. The Hall–Kier alpha value is -1.29. The van der Waals surface area contributed by atoms with Crippen LogP contribution in [-0.2, 0) is 6.42 Å². The van der Waals surface area contributed by atoms with Gasteiger partial charge in [0.25, 0.3) is 0 Å². The maximum absolute atomic E-state index is 13.2. The van der Waals surface area contributed by atoms with Gasteiger partial charge in [-0.05, 0) is 31.0 Å². The van der Waals surface area contributed by atoms with Crippen LogP contribution in [0.15, 0.2) is 12.1 Å². The number of hydrogen-bond acceptors (Lipinski definition) is 3. The maximum Gasteiger partial charge on any atom is 0.196 e. The average Bonchev–Trinajstić information content (AvgIpc) is 2.01. The predicted octanol–water partition coefficient (Wildman–Crippen LogP) is 1.43. The summed E-state index contributed by atoms with van der Waals surface area (Å²) in [6, 6.07) is 2.72. The Labute approximate surface area is 82.3 Å². The van der Waals surface area contributed by atoms with Crippen molar-refractivity contribution in [2.45, 2.75) is 19.4 Å². The fraction of sp³-hybridized carbons (Fsp3) is 0.400. The molecule has 0 radical (unpaired) electrons. The second kappa shape index (κ2) is 4.28. The van der Waals surface area contributed by atoms with Crippen LogP contribution >= 0.6 is 0 Å². The first kappa shape index (κ1) is 10.8. The van der Waals surface area contributed by atoms with E-state index in [-0.39, 0.29) is 17.5 Å². The molecule has 1 aromatic rings. The minimum atomic E-state index is -0.567. The van der Waals surface area contributed by atoms with Crippen molar-refractivity contribution in [1.29, 1.82) is 0 Å². The lowest BCUT2D eigenvalue weighted by Gasteiger charge is -2.09. The van der Waals surface area contributed by atoms with Crippen molar-refractivity contribution in [2.75, 3.05) is 7.11 Å². The minimum Gasteiger partial charge on any atom is -0.504 e. The number of ether oxygens (including phenoxy) is 1. The summed E-state index contributed by atoms with van der Waals surface area (Å²) in [5, 5.41) is 9.38. The molecule has 0 amide bonds. The zero-order valence-electron chi connectivity index (χ0n) is 8.25. The highest BCUT2D eigenvalue weighted by molar-refractivity contribution is 5.43. The first-order chi connectivity index (χ1) is 6.54. The van der Waals surface area contributed by atoms with Crippen LogP contribution in [0.4, 0.5) is 4.39 Å². The van der Waals surface area contributed by atoms with Crippen LogP contribution in [0.25, 0.3) is 0 Å². The largest absolute Gasteiger partial charge is 0.504 e. The molecule has 0 aromatic heterocycles. The number of aromatic hydroxyl groups is 1. The highest BCUT2D eigenvalue weighted by atomic mass is 19.1. The van der Waals surface area contributed by atoms with Gasteiger partial charge < -0.3 is 15.6 Å². The van der Waals surface area contributed by atoms with Crippen molar-refractivity contribution in [3.8, 4) is 11.5 Å². The molecule has 1 rings (SSSR count). The Morgan fingerprint density at radius 2 is 2.21 bits per heavy atom. The van der Waals surface area contributed by atoms with Crippen LogP contribution in [0, 0.1) is 5.82 Å². The van der Waals surface area contributed by atoms with E-state index in [0.29, 0.717) is 12.0 Å². The Morgan fingerprint density at radius 3 is 2.64 bits per heavy atom. The molecule has 14 heavy (non-hydrogen) atoms. The summed E-state index contributed by atoms with van der Waals surface area (Å²) in [6.45, 7) is 1.82. The van der Waals surface area contributed by atoms with Gasteiger partial charge in [0, 0.05) is 6.04 Å². The van der Waals surface area contributed by atoms with E-state index in [1.165, 1.54) is 19.2 Å². The molecule has 0 saturated heterocycles. The lowest BCUT2D eigenvalue weighted by atomic mass is 10.1. The molecule has 0 spiro atoms. The number of nitrogens with two attached hydrogens (primary N) is 1. The molecule has 0 saturated carbocycles. The number of phenolic OH excluding ortho intramolecular Hbond substituents is 1. The fourth-order valence-electron chi connectivity index (χ4n) is 1.33. The molecule has 0 heterocycles. The topological polar surface area (TPSA) is 55.5 Å². The number of halogens is 1. The maximum atomic E-state index is 13.2. The van der Waals surface area contributed by atoms with Gasteiger partial charge in [0.05, 0.1) is 7.11 Å². The van der Waals surface area contributed by atoms with Crippen molar-refractivity contribution in [2.24, 2.45) is 5.73 Å². The van der Waals surface area contributed by atoms with Gasteiger partial charge in [0.1, 0.15) is 0 Å². The molecule has 1 unspecified atom stereocenters. The number of methoxy groups -OCH3 is 1. The number of benzene rings is 1. The molecule has 3 nitrogen and oxygen atoms in total. The van der Waals surface area contributed by atoms with E-state index in [1.807, 2.05) is 6.92 Å². The molecule has 0 bridgehead atoms. The summed E-state index contributed by atoms with van der Waals surface area (Å²) >= 11 is 0. The second-order valence-electron chi connectivity index (χ2n) is 3.31. The van der Waals surface area contributed by atoms with Crippen molar-refractivity contribution in [3.63, 3.8) is 0 Å². The predicted molar refractivity (Wildman–Crippen MR) is 52.0 cm³/mol. The Balaban J connectivity index is 3.01. The summed E-state index contributed by atoms with van der Waals surface area (Å²) in [5.41, 5.74) is 6.22. The van der Waals surface area contributed by atoms with Crippen LogP contribution in [0.1, 0.15) is 12.5 Å². The molecule has 0 aliphatic heterocycles. The zero-order valence-corrected chi connectivity index (χ0v) is 8.25. The number of phenols is 1. The molecular formula is C10H14FNO2. The van der Waals surface area contributed by atoms with Crippen LogP contribution in [0.5, 0.6) is 11.5 Å². The lowest BCUT2D eigenvalue weighted by molar-refractivity contribution is 0.350. The standard InChI is InChI=1S/C10H14FNO2/c1-6(12)3-7-4-8(11)10(14-2)9(13)5-7/h4-6,13H,3,12H2,1-2H3. The summed E-state index contributed by atoms with van der Waals surface area (Å²) < 4.78 is 17.9. The molecule has 4 heteroatoms. The molecule has 78 valence electrons. The van der Waals surface area contributed by atoms with Crippen molar-refractivity contribution in [3.05, 3.63) is 23.5 Å². The van der Waals surface area contributed by atoms with Crippen LogP contribution < -0.4 is 10.5 Å². The molecule has 1 atom stereocenters. The third-order valence-electron chi connectivity index (χ3n) is 1.85. The highest BCUT2D eigenvalue weighted by Gasteiger charge is 2.11. The van der Waals surface area contributed by atoms with Crippen LogP contribution in [0.3, 0.4) is 0 Å². The fourth-order valence-corrected chi connectivity index (χ4v) is 1.33. The monoisotopic (exact) mass is 199 g/mol. The summed E-state index contributed by atoms with van der Waals surface area (Å²) in [6.07, 6.45) is 0.522. The molecule has 1 aromatic carbocycles. The van der Waals surface area contributed by atoms with Gasteiger partial charge in [0.2, 0.25) is 0 Å². The first-order valence-corrected chi connectivity index (χ1v) is 4.35. The Bertz CT molecular complexity index is 303. The summed E-state index contributed by atoms with van der Waals surface area (Å²) in [7, 11) is 1.31. The quantitative estimate of drug-likeness (QED) is 0.774. The van der Waals surface area contributed by atoms with E-state index in [9.17, 15) is 9.50 Å². The van der Waals surface area contributed by atoms with E-state index in [2.05, 4.69) is 4.74 Å². The van der Waals surface area contributed by atoms with Gasteiger partial charge in [-0.1, -0.05) is 0 Å². The number of rotatable bonds is 3. The lowest BCUT2D eigenvalue weighted by Crippen LogP contribution is -2.17. The Kier molecular flexibility index (Phi) is 3.30. The number of hydrogen-bond donors (Lipinski definition) is 2. The molecular weight excluding hydrogens is 185 g/mol. The minimum absolute atomic E-state index is 0.0674. The smallest absolute Gasteiger partial charge is 0.196 e. The molecule has 0 aliphatic carbocycles. The second-order valence-corrected chi connectivity index (χ2v) is 3.31. The van der Waals surface area contributed by atoms with Gasteiger partial charge in [-0.15, -0.1) is 0 Å². The van der Waals surface area contributed by atoms with Gasteiger partial charge in [-0.2, -0.15) is 0 Å². The SMILES string of the molecule is COc1c(O)cc(CC(C)N)cc1F. The third kappa shape index (κ3) is 2.35. The average molecular weight is 199 g/mol. The van der Waals surface area contributed by atoms with Crippen LogP contribution in [0.2, 0.25) is 0 Å². The summed E-state index contributed by atoms with van der Waals surface area (Å²) in [5.74, 6) is -0.885. The third-order valence-corrected chi connectivity index (χ3v) is 1.85. The van der Waals surface area contributed by atoms with E-state index >= 15 is 0 Å². The normalized spacial score (nSPS) is 12.6. The highest BCUT2D eigenvalue weighted by Crippen LogP contribution is 2.30. The van der Waals surface area contributed by atoms with Crippen LogP contribution in [-0.4, -0.2) is 18.3 Å². The Morgan fingerprint density at radius 1 is 1.57 bits per heavy atom. The summed E-state index contributed by atoms with van der Waals surface area (Å²) in [4.78, 5) is 0. The van der Waals surface area contributed by atoms with Gasteiger partial charge in [-0.25, -0.2) is 4.39 Å². The molecule has 0 aliphatic rings. The van der Waals surface area contributed by atoms with Gasteiger partial charge in [-0.3, -0.25) is 0 Å². The molecule has 0 fully saturated rings. The van der Waals surface area contributed by atoms with Crippen molar-refractivity contribution < 1.29 is 14.2 Å². The van der Waals surface area contributed by atoms with E-state index < -0.39 is 5.82 Å². The van der Waals surface area contributed by atoms with E-state index in [0.717, 1.165) is 0 Å². The van der Waals surface area contributed by atoms with Crippen molar-refractivity contribution in [1.82, 2.24) is 0 Å². The van der Waals surface area contributed by atoms with Gasteiger partial charge in [0.15, 0.2) is 17.3 Å². The van der Waals surface area contributed by atoms with Gasteiger partial charge >= 0.3 is 0 Å². The van der Waals surface area contributed by atoms with Crippen molar-refractivity contribution >= 4 is 0 Å². The van der Waals surface area contributed by atoms with E-state index in [1.54, 1.807) is 0 Å².